The summed E-state index contributed by atoms with van der Waals surface area (Å²) < 4.78 is 6.16. The average Bonchev–Trinajstić information content (AvgIpc) is 3.41. The second kappa shape index (κ2) is 6.64. The van der Waals surface area contributed by atoms with Crippen molar-refractivity contribution in [2.24, 2.45) is 17.8 Å². The van der Waals surface area contributed by atoms with Crippen molar-refractivity contribution >= 4 is 17.5 Å². The summed E-state index contributed by atoms with van der Waals surface area (Å²) in [6, 6.07) is 5.53. The first-order valence-electron chi connectivity index (χ1n) is 9.40. The van der Waals surface area contributed by atoms with Gasteiger partial charge in [-0.25, -0.2) is 9.97 Å². The van der Waals surface area contributed by atoms with Crippen molar-refractivity contribution in [2.75, 3.05) is 6.54 Å². The minimum Gasteiger partial charge on any atom is -0.487 e. The van der Waals surface area contributed by atoms with E-state index in [9.17, 15) is 4.79 Å². The van der Waals surface area contributed by atoms with E-state index in [1.807, 2.05) is 12.1 Å². The number of halogens is 1. The average molecular weight is 382 g/mol. The summed E-state index contributed by atoms with van der Waals surface area (Å²) in [5, 5.41) is 3.74. The molecule has 2 aliphatic carbocycles. The fourth-order valence-corrected chi connectivity index (χ4v) is 4.78. The molecule has 0 radical (unpaired) electrons. The van der Waals surface area contributed by atoms with Crippen molar-refractivity contribution in [1.82, 2.24) is 15.3 Å². The van der Waals surface area contributed by atoms with Crippen LogP contribution in [0.4, 0.5) is 0 Å². The highest BCUT2D eigenvalue weighted by atomic mass is 35.5. The minimum absolute atomic E-state index is 0.0981. The van der Waals surface area contributed by atoms with Gasteiger partial charge in [-0.2, -0.15) is 0 Å². The largest absolute Gasteiger partial charge is 0.487 e. The number of ether oxygens (including phenoxy) is 1. The summed E-state index contributed by atoms with van der Waals surface area (Å²) in [6.45, 7) is 0.498. The monoisotopic (exact) mass is 381 g/mol. The number of benzene rings is 1. The Kier molecular flexibility index (Phi) is 4.12. The molecule has 138 valence electrons. The van der Waals surface area contributed by atoms with Crippen molar-refractivity contribution < 1.29 is 9.53 Å². The molecule has 5 nitrogen and oxygen atoms in total. The fraction of sp³-hybridized carbons (Fsp3) is 0.381. The Bertz CT molecular complexity index is 915. The van der Waals surface area contributed by atoms with Crippen molar-refractivity contribution in [3.05, 3.63) is 53.3 Å². The molecule has 6 heteroatoms. The molecule has 1 saturated carbocycles. The maximum atomic E-state index is 12.6. The van der Waals surface area contributed by atoms with Crippen LogP contribution >= 0.6 is 11.6 Å². The van der Waals surface area contributed by atoms with Gasteiger partial charge in [-0.3, -0.25) is 4.79 Å². The molecule has 5 rings (SSSR count). The first-order chi connectivity index (χ1) is 13.2. The van der Waals surface area contributed by atoms with E-state index < -0.39 is 0 Å². The van der Waals surface area contributed by atoms with E-state index in [2.05, 4.69) is 27.4 Å². The molecule has 0 saturated heterocycles. The minimum atomic E-state index is -0.0981. The Balaban J connectivity index is 1.28. The lowest BCUT2D eigenvalue weighted by Crippen LogP contribution is -2.39. The highest BCUT2D eigenvalue weighted by Gasteiger charge is 2.40. The number of carbonyl (C=O) groups excluding carboxylic acids is 1. The number of aromatic nitrogens is 2. The Morgan fingerprint density at radius 1 is 1.22 bits per heavy atom. The fourth-order valence-electron chi connectivity index (χ4n) is 4.54. The predicted octanol–water partition coefficient (Wildman–Crippen LogP) is 3.43. The number of nitrogens with one attached hydrogen (secondary N) is 1. The summed E-state index contributed by atoms with van der Waals surface area (Å²) in [4.78, 5) is 21.2. The number of allylic oxidation sites excluding steroid dienone is 2. The third-order valence-electron chi connectivity index (χ3n) is 5.79. The van der Waals surface area contributed by atoms with E-state index in [1.165, 1.54) is 0 Å². The van der Waals surface area contributed by atoms with Crippen LogP contribution in [0.3, 0.4) is 0 Å². The molecule has 4 atom stereocenters. The summed E-state index contributed by atoms with van der Waals surface area (Å²) in [6.07, 6.45) is 10.6. The highest BCUT2D eigenvalue weighted by Crippen LogP contribution is 2.43. The number of rotatable bonds is 4. The molecule has 2 heterocycles. The van der Waals surface area contributed by atoms with Gasteiger partial charge in [0.2, 0.25) is 5.91 Å². The molecular formula is C21H20ClN3O2. The van der Waals surface area contributed by atoms with Gasteiger partial charge in [0, 0.05) is 35.3 Å². The van der Waals surface area contributed by atoms with Gasteiger partial charge in [-0.05, 0) is 42.9 Å². The van der Waals surface area contributed by atoms with Gasteiger partial charge < -0.3 is 10.1 Å². The third-order valence-corrected chi connectivity index (χ3v) is 6.01. The zero-order valence-corrected chi connectivity index (χ0v) is 15.5. The topological polar surface area (TPSA) is 64.1 Å². The Hall–Kier alpha value is -2.40. The van der Waals surface area contributed by atoms with Crippen molar-refractivity contribution in [1.29, 1.82) is 0 Å². The standard InChI is InChI=1S/C21H20ClN3O2/c22-15-8-14-9-16(11-25-21(26)17-7-12-2-3-13(17)6-12)27-19(14)18(10-15)20-23-4-1-5-24-20/h1-5,8,10,12-13,16-17H,6-7,9,11H2,(H,25,26)/t12-,13+,16-,17-/m1/s1. The molecule has 1 aromatic carbocycles. The normalized spacial score (nSPS) is 27.4. The highest BCUT2D eigenvalue weighted by molar-refractivity contribution is 6.31. The second-order valence-corrected chi connectivity index (χ2v) is 8.03. The molecular weight excluding hydrogens is 362 g/mol. The van der Waals surface area contributed by atoms with Gasteiger partial charge in [-0.1, -0.05) is 23.8 Å². The van der Waals surface area contributed by atoms with Crippen LogP contribution in [-0.2, 0) is 11.2 Å². The molecule has 0 unspecified atom stereocenters. The van der Waals surface area contributed by atoms with Gasteiger partial charge in [0.1, 0.15) is 11.9 Å². The van der Waals surface area contributed by atoms with E-state index in [1.54, 1.807) is 18.5 Å². The third kappa shape index (κ3) is 3.10. The molecule has 0 spiro atoms. The van der Waals surface area contributed by atoms with Gasteiger partial charge in [-0.15, -0.1) is 0 Å². The van der Waals surface area contributed by atoms with Gasteiger partial charge >= 0.3 is 0 Å². The Morgan fingerprint density at radius 3 is 2.81 bits per heavy atom. The lowest BCUT2D eigenvalue weighted by Gasteiger charge is -2.19. The molecule has 1 aliphatic heterocycles. The van der Waals surface area contributed by atoms with Crippen LogP contribution in [0, 0.1) is 17.8 Å². The van der Waals surface area contributed by atoms with Crippen LogP contribution in [0.25, 0.3) is 11.4 Å². The number of amides is 1. The number of fused-ring (bicyclic) bond motifs is 3. The molecule has 1 N–H and O–H groups in total. The van der Waals surface area contributed by atoms with Crippen LogP contribution in [0.15, 0.2) is 42.7 Å². The number of hydrogen-bond acceptors (Lipinski definition) is 4. The predicted molar refractivity (Wildman–Crippen MR) is 102 cm³/mol. The number of nitrogens with zero attached hydrogens (tertiary/aromatic N) is 2. The lowest BCUT2D eigenvalue weighted by molar-refractivity contribution is -0.126. The van der Waals surface area contributed by atoms with Crippen molar-refractivity contribution in [2.45, 2.75) is 25.4 Å². The van der Waals surface area contributed by atoms with Crippen molar-refractivity contribution in [3.63, 3.8) is 0 Å². The quantitative estimate of drug-likeness (QED) is 0.824. The molecule has 27 heavy (non-hydrogen) atoms. The SMILES string of the molecule is O=C(NC[C@H]1Cc2cc(Cl)cc(-c3ncccn3)c2O1)[C@@H]1C[C@@H]2C=C[C@H]1C2. The van der Waals surface area contributed by atoms with Crippen LogP contribution in [0.1, 0.15) is 18.4 Å². The maximum Gasteiger partial charge on any atom is 0.223 e. The van der Waals surface area contributed by atoms with Crippen molar-refractivity contribution in [3.8, 4) is 17.1 Å². The zero-order valence-electron chi connectivity index (χ0n) is 14.8. The van der Waals surface area contributed by atoms with Crippen LogP contribution in [0.5, 0.6) is 5.75 Å². The lowest BCUT2D eigenvalue weighted by atomic mass is 9.93. The molecule has 3 aliphatic rings. The summed E-state index contributed by atoms with van der Waals surface area (Å²) in [5.41, 5.74) is 1.83. The van der Waals surface area contributed by atoms with Crippen LogP contribution in [0.2, 0.25) is 5.02 Å². The summed E-state index contributed by atoms with van der Waals surface area (Å²) >= 11 is 6.29. The van der Waals surface area contributed by atoms with Gasteiger partial charge in [0.15, 0.2) is 5.82 Å². The molecule has 1 fully saturated rings. The maximum absolute atomic E-state index is 12.6. The second-order valence-electron chi connectivity index (χ2n) is 7.59. The molecule has 2 aromatic rings. The van der Waals surface area contributed by atoms with E-state index in [4.69, 9.17) is 16.3 Å². The van der Waals surface area contributed by atoms with E-state index in [0.717, 1.165) is 29.7 Å². The first-order valence-corrected chi connectivity index (χ1v) is 9.77. The molecule has 2 bridgehead atoms. The first kappa shape index (κ1) is 16.8. The van der Waals surface area contributed by atoms with E-state index in [-0.39, 0.29) is 17.9 Å². The molecule has 1 aromatic heterocycles. The number of carbonyl (C=O) groups is 1. The van der Waals surface area contributed by atoms with E-state index in [0.29, 0.717) is 35.6 Å². The van der Waals surface area contributed by atoms with Crippen LogP contribution in [-0.4, -0.2) is 28.5 Å². The van der Waals surface area contributed by atoms with Gasteiger partial charge in [0.25, 0.3) is 0 Å². The smallest absolute Gasteiger partial charge is 0.223 e. The zero-order chi connectivity index (χ0) is 18.4. The van der Waals surface area contributed by atoms with Crippen LogP contribution < -0.4 is 10.1 Å². The molecule has 1 amide bonds. The van der Waals surface area contributed by atoms with E-state index >= 15 is 0 Å². The van der Waals surface area contributed by atoms with Gasteiger partial charge in [0.05, 0.1) is 12.1 Å². The Morgan fingerprint density at radius 2 is 2.07 bits per heavy atom. The summed E-state index contributed by atoms with van der Waals surface area (Å²) in [5.74, 6) is 2.63. The number of hydrogen-bond donors (Lipinski definition) is 1. The Labute approximate surface area is 162 Å². The summed E-state index contributed by atoms with van der Waals surface area (Å²) in [7, 11) is 0.